The summed E-state index contributed by atoms with van der Waals surface area (Å²) in [6.45, 7) is 6.99. The van der Waals surface area contributed by atoms with Gasteiger partial charge in [-0.05, 0) is 45.4 Å². The van der Waals surface area contributed by atoms with Crippen LogP contribution in [-0.4, -0.2) is 18.7 Å². The average Bonchev–Trinajstić information content (AvgIpc) is 2.30. The molecule has 2 N–H and O–H groups in total. The van der Waals surface area contributed by atoms with Gasteiger partial charge in [0, 0.05) is 11.3 Å². The molecule has 0 saturated carbocycles. The first-order valence-electron chi connectivity index (χ1n) is 5.97. The van der Waals surface area contributed by atoms with Crippen molar-refractivity contribution in [1.29, 1.82) is 0 Å². The summed E-state index contributed by atoms with van der Waals surface area (Å²) in [6.07, 6.45) is -1.13. The predicted octanol–water partition coefficient (Wildman–Crippen LogP) is 2.75. The highest BCUT2D eigenvalue weighted by Gasteiger charge is 2.31. The summed E-state index contributed by atoms with van der Waals surface area (Å²) in [5, 5.41) is 0. The van der Waals surface area contributed by atoms with Gasteiger partial charge in [0.25, 0.3) is 0 Å². The number of halogens is 1. The molecule has 5 heteroatoms. The molecule has 0 aromatic heterocycles. The summed E-state index contributed by atoms with van der Waals surface area (Å²) in [4.78, 5) is 11.9. The van der Waals surface area contributed by atoms with Crippen molar-refractivity contribution in [3.63, 3.8) is 0 Å². The molecule has 0 amide bonds. The number of nitrogen functional groups attached to an aromatic ring is 1. The zero-order valence-corrected chi connectivity index (χ0v) is 11.9. The molecule has 0 heterocycles. The molecule has 0 bridgehead atoms. The highest BCUT2D eigenvalue weighted by Crippen LogP contribution is 2.32. The second-order valence-electron chi connectivity index (χ2n) is 5.31. The summed E-state index contributed by atoms with van der Waals surface area (Å²) in [6, 6.07) is 2.68. The summed E-state index contributed by atoms with van der Waals surface area (Å²) in [7, 11) is 1.24. The van der Waals surface area contributed by atoms with E-state index in [2.05, 4.69) is 0 Å². The maximum atomic E-state index is 14.0. The number of hydrogen-bond acceptors (Lipinski definition) is 4. The lowest BCUT2D eigenvalue weighted by Gasteiger charge is -2.27. The van der Waals surface area contributed by atoms with Crippen LogP contribution in [0, 0.1) is 12.7 Å². The number of rotatable bonds is 3. The minimum absolute atomic E-state index is 0.127. The molecule has 1 aromatic carbocycles. The third kappa shape index (κ3) is 3.67. The number of hydrogen-bond donors (Lipinski definition) is 1. The van der Waals surface area contributed by atoms with Crippen molar-refractivity contribution >= 4 is 11.7 Å². The molecule has 1 unspecified atom stereocenters. The third-order valence-electron chi connectivity index (χ3n) is 2.65. The van der Waals surface area contributed by atoms with Gasteiger partial charge < -0.3 is 15.2 Å². The van der Waals surface area contributed by atoms with Crippen LogP contribution in [-0.2, 0) is 14.3 Å². The fraction of sp³-hybridized carbons (Fsp3) is 0.500. The number of methoxy groups -OCH3 is 1. The highest BCUT2D eigenvalue weighted by molar-refractivity contribution is 5.78. The lowest BCUT2D eigenvalue weighted by atomic mass is 10.00. The van der Waals surface area contributed by atoms with Crippen molar-refractivity contribution in [3.05, 3.63) is 29.1 Å². The SMILES string of the molecule is COC(=O)C(OC(C)(C)C)c1c(F)ccc(N)c1C. The lowest BCUT2D eigenvalue weighted by molar-refractivity contribution is -0.164. The van der Waals surface area contributed by atoms with Crippen molar-refractivity contribution in [2.45, 2.75) is 39.4 Å². The standard InChI is InChI=1S/C14H20FNO3/c1-8-10(16)7-6-9(15)11(8)12(13(17)18-5)19-14(2,3)4/h6-7,12H,16H2,1-5H3. The minimum atomic E-state index is -1.13. The van der Waals surface area contributed by atoms with E-state index in [0.717, 1.165) is 0 Å². The van der Waals surface area contributed by atoms with E-state index in [4.69, 9.17) is 15.2 Å². The van der Waals surface area contributed by atoms with E-state index in [-0.39, 0.29) is 5.56 Å². The monoisotopic (exact) mass is 269 g/mol. The first-order valence-corrected chi connectivity index (χ1v) is 5.97. The zero-order valence-electron chi connectivity index (χ0n) is 11.9. The molecule has 0 saturated heterocycles. The molecule has 1 aromatic rings. The lowest BCUT2D eigenvalue weighted by Crippen LogP contribution is -2.29. The van der Waals surface area contributed by atoms with Crippen LogP contribution in [0.3, 0.4) is 0 Å². The Labute approximate surface area is 112 Å². The van der Waals surface area contributed by atoms with Crippen LogP contribution < -0.4 is 5.73 Å². The van der Waals surface area contributed by atoms with Crippen molar-refractivity contribution in [1.82, 2.24) is 0 Å². The number of benzene rings is 1. The average molecular weight is 269 g/mol. The Morgan fingerprint density at radius 1 is 1.37 bits per heavy atom. The van der Waals surface area contributed by atoms with Crippen LogP contribution in [0.5, 0.6) is 0 Å². The summed E-state index contributed by atoms with van der Waals surface area (Å²) in [5.74, 6) is -1.19. The maximum absolute atomic E-state index is 14.0. The van der Waals surface area contributed by atoms with Gasteiger partial charge in [-0.25, -0.2) is 9.18 Å². The Morgan fingerprint density at radius 3 is 2.42 bits per heavy atom. The Balaban J connectivity index is 3.33. The molecular weight excluding hydrogens is 249 g/mol. The Bertz CT molecular complexity index is 480. The van der Waals surface area contributed by atoms with Gasteiger partial charge in [-0.15, -0.1) is 0 Å². The van der Waals surface area contributed by atoms with E-state index < -0.39 is 23.5 Å². The van der Waals surface area contributed by atoms with Crippen LogP contribution in [0.4, 0.5) is 10.1 Å². The fourth-order valence-electron chi connectivity index (χ4n) is 1.72. The van der Waals surface area contributed by atoms with Crippen molar-refractivity contribution in [2.24, 2.45) is 0 Å². The van der Waals surface area contributed by atoms with Gasteiger partial charge in [-0.1, -0.05) is 0 Å². The second-order valence-corrected chi connectivity index (χ2v) is 5.31. The summed E-state index contributed by atoms with van der Waals surface area (Å²) in [5.41, 5.74) is 6.15. The normalized spacial score (nSPS) is 13.2. The number of ether oxygens (including phenoxy) is 2. The molecular formula is C14H20FNO3. The number of anilines is 1. The smallest absolute Gasteiger partial charge is 0.339 e. The zero-order chi connectivity index (χ0) is 14.8. The van der Waals surface area contributed by atoms with E-state index in [1.807, 2.05) is 0 Å². The topological polar surface area (TPSA) is 61.5 Å². The van der Waals surface area contributed by atoms with E-state index in [9.17, 15) is 9.18 Å². The second kappa shape index (κ2) is 5.57. The Kier molecular flexibility index (Phi) is 4.52. The van der Waals surface area contributed by atoms with Crippen molar-refractivity contribution in [3.8, 4) is 0 Å². The third-order valence-corrected chi connectivity index (χ3v) is 2.65. The minimum Gasteiger partial charge on any atom is -0.467 e. The largest absolute Gasteiger partial charge is 0.467 e. The Hall–Kier alpha value is -1.62. The van der Waals surface area contributed by atoms with Crippen LogP contribution in [0.15, 0.2) is 12.1 Å². The molecule has 106 valence electrons. The first-order chi connectivity index (χ1) is 8.67. The molecule has 0 aliphatic rings. The van der Waals surface area contributed by atoms with Gasteiger partial charge in [-0.2, -0.15) is 0 Å². The fourth-order valence-corrected chi connectivity index (χ4v) is 1.72. The van der Waals surface area contributed by atoms with Crippen LogP contribution in [0.1, 0.15) is 38.0 Å². The quantitative estimate of drug-likeness (QED) is 0.677. The van der Waals surface area contributed by atoms with Crippen LogP contribution in [0.25, 0.3) is 0 Å². The number of carbonyl (C=O) groups excluding carboxylic acids is 1. The van der Waals surface area contributed by atoms with Gasteiger partial charge in [0.2, 0.25) is 0 Å². The molecule has 0 spiro atoms. The van der Waals surface area contributed by atoms with Gasteiger partial charge in [0.15, 0.2) is 6.10 Å². The molecule has 1 atom stereocenters. The molecule has 0 fully saturated rings. The predicted molar refractivity (Wildman–Crippen MR) is 71.1 cm³/mol. The van der Waals surface area contributed by atoms with Crippen LogP contribution >= 0.6 is 0 Å². The van der Waals surface area contributed by atoms with Gasteiger partial charge in [-0.3, -0.25) is 0 Å². The molecule has 0 radical (unpaired) electrons. The van der Waals surface area contributed by atoms with E-state index >= 15 is 0 Å². The molecule has 19 heavy (non-hydrogen) atoms. The van der Waals surface area contributed by atoms with Gasteiger partial charge in [0.1, 0.15) is 5.82 Å². The van der Waals surface area contributed by atoms with E-state index in [1.54, 1.807) is 27.7 Å². The molecule has 0 aliphatic heterocycles. The first kappa shape index (κ1) is 15.4. The van der Waals surface area contributed by atoms with Crippen molar-refractivity contribution < 1.29 is 18.7 Å². The summed E-state index contributed by atoms with van der Waals surface area (Å²) < 4.78 is 24.3. The number of esters is 1. The van der Waals surface area contributed by atoms with Gasteiger partial charge in [0.05, 0.1) is 12.7 Å². The van der Waals surface area contributed by atoms with Crippen LogP contribution in [0.2, 0.25) is 0 Å². The van der Waals surface area contributed by atoms with Crippen molar-refractivity contribution in [2.75, 3.05) is 12.8 Å². The highest BCUT2D eigenvalue weighted by atomic mass is 19.1. The number of nitrogens with two attached hydrogens (primary N) is 1. The Morgan fingerprint density at radius 2 is 1.95 bits per heavy atom. The molecule has 0 aliphatic carbocycles. The van der Waals surface area contributed by atoms with E-state index in [1.165, 1.54) is 19.2 Å². The van der Waals surface area contributed by atoms with E-state index in [0.29, 0.717) is 11.3 Å². The number of carbonyl (C=O) groups is 1. The van der Waals surface area contributed by atoms with Gasteiger partial charge >= 0.3 is 5.97 Å². The molecule has 1 rings (SSSR count). The summed E-state index contributed by atoms with van der Waals surface area (Å²) >= 11 is 0. The molecule has 4 nitrogen and oxygen atoms in total. The maximum Gasteiger partial charge on any atom is 0.339 e.